The van der Waals surface area contributed by atoms with Gasteiger partial charge in [-0.15, -0.1) is 0 Å². The quantitative estimate of drug-likeness (QED) is 0.429. The van der Waals surface area contributed by atoms with Crippen LogP contribution in [0.15, 0.2) is 66.9 Å². The lowest BCUT2D eigenvalue weighted by Gasteiger charge is -2.24. The first-order valence-electron chi connectivity index (χ1n) is 10.6. The minimum atomic E-state index is 0.707. The number of nitrogens with zero attached hydrogens (tertiary/aromatic N) is 2. The Morgan fingerprint density at radius 2 is 1.72 bits per heavy atom. The Hall–Kier alpha value is -2.52. The Morgan fingerprint density at radius 1 is 0.931 bits per heavy atom. The van der Waals surface area contributed by atoms with Crippen molar-refractivity contribution in [2.45, 2.75) is 46.8 Å². The summed E-state index contributed by atoms with van der Waals surface area (Å²) >= 11 is 0. The molecule has 0 atom stereocenters. The number of rotatable bonds is 10. The number of methoxy groups -OCH3 is 1. The van der Waals surface area contributed by atoms with Crippen LogP contribution in [0.4, 0.5) is 0 Å². The van der Waals surface area contributed by atoms with E-state index in [0.717, 1.165) is 31.9 Å². The maximum atomic E-state index is 5.38. The van der Waals surface area contributed by atoms with Crippen molar-refractivity contribution < 1.29 is 4.74 Å². The Kier molecular flexibility index (Phi) is 7.54. The minimum absolute atomic E-state index is 0.707. The van der Waals surface area contributed by atoms with Crippen LogP contribution in [-0.2, 0) is 19.6 Å². The average Bonchev–Trinajstić information content (AvgIpc) is 3.14. The minimum Gasteiger partial charge on any atom is -0.497 e. The molecule has 0 saturated heterocycles. The molecule has 1 heterocycles. The van der Waals surface area contributed by atoms with Crippen molar-refractivity contribution in [3.63, 3.8) is 0 Å². The van der Waals surface area contributed by atoms with E-state index in [1.807, 2.05) is 6.07 Å². The van der Waals surface area contributed by atoms with E-state index in [9.17, 15) is 0 Å². The van der Waals surface area contributed by atoms with Gasteiger partial charge >= 0.3 is 0 Å². The number of aryl methyl sites for hydroxylation is 1. The lowest BCUT2D eigenvalue weighted by atomic mass is 10.1. The normalized spacial score (nSPS) is 11.4. The molecule has 154 valence electrons. The van der Waals surface area contributed by atoms with Crippen molar-refractivity contribution in [3.8, 4) is 5.75 Å². The van der Waals surface area contributed by atoms with Crippen LogP contribution in [0.5, 0.6) is 5.75 Å². The highest BCUT2D eigenvalue weighted by atomic mass is 16.5. The van der Waals surface area contributed by atoms with Gasteiger partial charge < -0.3 is 9.30 Å². The lowest BCUT2D eigenvalue weighted by Crippen LogP contribution is -2.26. The Bertz CT molecular complexity index is 880. The first kappa shape index (κ1) is 21.2. The summed E-state index contributed by atoms with van der Waals surface area (Å²) < 4.78 is 7.73. The second-order valence-electron chi connectivity index (χ2n) is 8.36. The van der Waals surface area contributed by atoms with E-state index in [4.69, 9.17) is 4.74 Å². The van der Waals surface area contributed by atoms with Gasteiger partial charge in [0.05, 0.1) is 7.11 Å². The molecule has 3 nitrogen and oxygen atoms in total. The van der Waals surface area contributed by atoms with Crippen LogP contribution in [-0.4, -0.2) is 23.1 Å². The Balaban J connectivity index is 1.73. The van der Waals surface area contributed by atoms with E-state index in [0.29, 0.717) is 5.92 Å². The van der Waals surface area contributed by atoms with E-state index >= 15 is 0 Å². The molecule has 1 aromatic heterocycles. The SMILES string of the molecule is COc1cccc(Cn2cccc2CN(CCC(C)C)Cc2ccc(C)cc2)c1. The predicted molar refractivity (Wildman–Crippen MR) is 121 cm³/mol. The second-order valence-corrected chi connectivity index (χ2v) is 8.36. The van der Waals surface area contributed by atoms with Gasteiger partial charge in [-0.05, 0) is 61.2 Å². The van der Waals surface area contributed by atoms with E-state index in [1.165, 1.54) is 28.8 Å². The molecule has 0 aliphatic carbocycles. The summed E-state index contributed by atoms with van der Waals surface area (Å²) in [7, 11) is 1.72. The molecule has 0 radical (unpaired) electrons. The van der Waals surface area contributed by atoms with Crippen LogP contribution in [0.1, 0.15) is 42.7 Å². The molecule has 0 saturated carbocycles. The van der Waals surface area contributed by atoms with E-state index in [2.05, 4.69) is 91.0 Å². The highest BCUT2D eigenvalue weighted by Crippen LogP contribution is 2.17. The fourth-order valence-corrected chi connectivity index (χ4v) is 3.55. The molecule has 0 amide bonds. The summed E-state index contributed by atoms with van der Waals surface area (Å²) in [6.07, 6.45) is 3.39. The molecular formula is C26H34N2O. The Morgan fingerprint density at radius 3 is 2.45 bits per heavy atom. The molecule has 0 spiro atoms. The van der Waals surface area contributed by atoms with Crippen LogP contribution in [0.3, 0.4) is 0 Å². The first-order chi connectivity index (χ1) is 14.0. The number of ether oxygens (including phenoxy) is 1. The molecule has 0 bridgehead atoms. The van der Waals surface area contributed by atoms with Crippen LogP contribution in [0.2, 0.25) is 0 Å². The van der Waals surface area contributed by atoms with Crippen molar-refractivity contribution in [1.29, 1.82) is 0 Å². The third-order valence-electron chi connectivity index (χ3n) is 5.35. The summed E-state index contributed by atoms with van der Waals surface area (Å²) in [5.41, 5.74) is 5.30. The van der Waals surface area contributed by atoms with Gasteiger partial charge in [-0.3, -0.25) is 4.90 Å². The summed E-state index contributed by atoms with van der Waals surface area (Å²) in [6, 6.07) is 21.7. The number of aromatic nitrogens is 1. The molecule has 0 aliphatic rings. The first-order valence-corrected chi connectivity index (χ1v) is 10.6. The van der Waals surface area contributed by atoms with E-state index in [-0.39, 0.29) is 0 Å². The maximum absolute atomic E-state index is 5.38. The van der Waals surface area contributed by atoms with Crippen LogP contribution < -0.4 is 4.74 Å². The van der Waals surface area contributed by atoms with Crippen molar-refractivity contribution in [1.82, 2.24) is 9.47 Å². The van der Waals surface area contributed by atoms with Gasteiger partial charge in [-0.1, -0.05) is 55.8 Å². The molecule has 3 heteroatoms. The molecule has 0 N–H and O–H groups in total. The predicted octanol–water partition coefficient (Wildman–Crippen LogP) is 5.90. The zero-order valence-electron chi connectivity index (χ0n) is 18.3. The molecular weight excluding hydrogens is 356 g/mol. The van der Waals surface area contributed by atoms with Crippen molar-refractivity contribution in [2.75, 3.05) is 13.7 Å². The number of hydrogen-bond donors (Lipinski definition) is 0. The van der Waals surface area contributed by atoms with Crippen molar-refractivity contribution in [2.24, 2.45) is 5.92 Å². The van der Waals surface area contributed by atoms with Gasteiger partial charge in [0.1, 0.15) is 5.75 Å². The fourth-order valence-electron chi connectivity index (χ4n) is 3.55. The van der Waals surface area contributed by atoms with Gasteiger partial charge in [0.2, 0.25) is 0 Å². The summed E-state index contributed by atoms with van der Waals surface area (Å²) in [5.74, 6) is 1.62. The van der Waals surface area contributed by atoms with Gasteiger partial charge in [0, 0.05) is 31.5 Å². The average molecular weight is 391 g/mol. The molecule has 2 aromatic carbocycles. The van der Waals surface area contributed by atoms with Crippen LogP contribution in [0.25, 0.3) is 0 Å². The highest BCUT2D eigenvalue weighted by molar-refractivity contribution is 5.29. The van der Waals surface area contributed by atoms with E-state index < -0.39 is 0 Å². The monoisotopic (exact) mass is 390 g/mol. The zero-order chi connectivity index (χ0) is 20.6. The number of benzene rings is 2. The third kappa shape index (κ3) is 6.50. The van der Waals surface area contributed by atoms with Gasteiger partial charge in [0.25, 0.3) is 0 Å². The summed E-state index contributed by atoms with van der Waals surface area (Å²) in [6.45, 7) is 10.7. The molecule has 3 aromatic rings. The van der Waals surface area contributed by atoms with Crippen LogP contribution >= 0.6 is 0 Å². The summed E-state index contributed by atoms with van der Waals surface area (Å²) in [5, 5.41) is 0. The van der Waals surface area contributed by atoms with Crippen molar-refractivity contribution in [3.05, 3.63) is 89.2 Å². The van der Waals surface area contributed by atoms with Gasteiger partial charge in [0.15, 0.2) is 0 Å². The van der Waals surface area contributed by atoms with Gasteiger partial charge in [-0.2, -0.15) is 0 Å². The zero-order valence-corrected chi connectivity index (χ0v) is 18.3. The molecule has 0 unspecified atom stereocenters. The molecule has 0 aliphatic heterocycles. The Labute approximate surface area is 175 Å². The summed E-state index contributed by atoms with van der Waals surface area (Å²) in [4.78, 5) is 2.57. The topological polar surface area (TPSA) is 17.4 Å². The molecule has 3 rings (SSSR count). The molecule has 0 fully saturated rings. The highest BCUT2D eigenvalue weighted by Gasteiger charge is 2.11. The third-order valence-corrected chi connectivity index (χ3v) is 5.35. The lowest BCUT2D eigenvalue weighted by molar-refractivity contribution is 0.235. The molecule has 29 heavy (non-hydrogen) atoms. The largest absolute Gasteiger partial charge is 0.497 e. The van der Waals surface area contributed by atoms with Crippen molar-refractivity contribution >= 4 is 0 Å². The fraction of sp³-hybridized carbons (Fsp3) is 0.385. The number of hydrogen-bond acceptors (Lipinski definition) is 2. The second kappa shape index (κ2) is 10.3. The smallest absolute Gasteiger partial charge is 0.119 e. The van der Waals surface area contributed by atoms with E-state index in [1.54, 1.807) is 7.11 Å². The van der Waals surface area contributed by atoms with Crippen LogP contribution in [0, 0.1) is 12.8 Å². The maximum Gasteiger partial charge on any atom is 0.119 e. The van der Waals surface area contributed by atoms with Gasteiger partial charge in [-0.25, -0.2) is 0 Å². The standard InChI is InChI=1S/C26H34N2O/c1-21(2)14-16-27(18-23-12-10-22(3)11-13-23)20-25-8-6-15-28(25)19-24-7-5-9-26(17-24)29-4/h5-13,15,17,21H,14,16,18-20H2,1-4H3.